The topological polar surface area (TPSA) is 141 Å². The summed E-state index contributed by atoms with van der Waals surface area (Å²) < 4.78 is 0. The first-order valence-corrected chi connectivity index (χ1v) is 4.73. The molecule has 0 aliphatic carbocycles. The maximum atomic E-state index is 10.8. The van der Waals surface area contributed by atoms with Gasteiger partial charge in [0.05, 0.1) is 15.5 Å². The number of aromatic nitrogens is 2. The van der Waals surface area contributed by atoms with Crippen LogP contribution in [-0.4, -0.2) is 47.3 Å². The molecule has 0 fully saturated rings. The van der Waals surface area contributed by atoms with Crippen LogP contribution < -0.4 is 5.73 Å². The van der Waals surface area contributed by atoms with Gasteiger partial charge in [0.15, 0.2) is 5.69 Å². The summed E-state index contributed by atoms with van der Waals surface area (Å²) in [6.45, 7) is 0. The van der Waals surface area contributed by atoms with Crippen LogP contribution in [0, 0.1) is 20.2 Å². The quantitative estimate of drug-likeness (QED) is 0.298. The van der Waals surface area contributed by atoms with Crippen LogP contribution in [0.3, 0.4) is 0 Å². The molecule has 0 unspecified atom stereocenters. The van der Waals surface area contributed by atoms with E-state index in [4.69, 9.17) is 5.73 Å². The Balaban J connectivity index is 0.00000180. The zero-order valence-corrected chi connectivity index (χ0v) is 15.1. The Morgan fingerprint density at radius 1 is 1.16 bits per heavy atom. The Labute approximate surface area is 126 Å². The average Bonchev–Trinajstić information content (AvgIpc) is 2.82. The summed E-state index contributed by atoms with van der Waals surface area (Å²) in [5.74, 6) is 0. The van der Waals surface area contributed by atoms with E-state index in [-0.39, 0.29) is 32.9 Å². The van der Waals surface area contributed by atoms with E-state index in [0.29, 0.717) is 5.69 Å². The van der Waals surface area contributed by atoms with Crippen molar-refractivity contribution in [3.05, 3.63) is 44.6 Å². The second-order valence-electron chi connectivity index (χ2n) is 3.40. The van der Waals surface area contributed by atoms with Gasteiger partial charge in [-0.05, 0) is 6.07 Å². The second-order valence-corrected chi connectivity index (χ2v) is 3.40. The van der Waals surface area contributed by atoms with E-state index in [1.807, 2.05) is 0 Å². The number of nitrogens with one attached hydrogen (secondary N) is 1. The number of nitro benzene ring substituents is 2. The first-order valence-electron chi connectivity index (χ1n) is 4.73. The molecular weight excluding hydrogens is 449 g/mol. The van der Waals surface area contributed by atoms with Crippen molar-refractivity contribution < 1.29 is 9.85 Å². The first kappa shape index (κ1) is 15.0. The standard InChI is InChI=1S/C9H7N5O4.Pb.2H/c10-9-7(13(15)16)3-5(4-8(9)14(17)18)6-1-2-11-12-6;;;/h1-4H,10H2,(H,11,12);;;. The predicted molar refractivity (Wildman–Crippen MR) is 70.3 cm³/mol. The molecule has 1 aromatic heterocycles. The van der Waals surface area contributed by atoms with E-state index < -0.39 is 26.9 Å². The number of nitrogens with two attached hydrogens (primary N) is 1. The Morgan fingerprint density at radius 3 is 2.05 bits per heavy atom. The zero-order valence-electron chi connectivity index (χ0n) is 9.57. The monoisotopic (exact) mass is 459 g/mol. The summed E-state index contributed by atoms with van der Waals surface area (Å²) in [6, 6.07) is 3.84. The molecule has 98 valence electrons. The zero-order chi connectivity index (χ0) is 13.3. The van der Waals surface area contributed by atoms with E-state index >= 15 is 0 Å². The number of nitrogens with zero attached hydrogens (tertiary/aromatic N) is 3. The van der Waals surface area contributed by atoms with Gasteiger partial charge in [-0.3, -0.25) is 25.3 Å². The molecule has 0 atom stereocenters. The van der Waals surface area contributed by atoms with Crippen molar-refractivity contribution in [2.45, 2.75) is 0 Å². The van der Waals surface area contributed by atoms with Gasteiger partial charge in [-0.25, -0.2) is 0 Å². The molecular formula is C9H9N5O4Pb. The van der Waals surface area contributed by atoms with Crippen LogP contribution in [-0.2, 0) is 0 Å². The Kier molecular flexibility index (Phi) is 4.53. The van der Waals surface area contributed by atoms with Crippen molar-refractivity contribution >= 4 is 44.4 Å². The van der Waals surface area contributed by atoms with Crippen molar-refractivity contribution in [2.75, 3.05) is 5.73 Å². The minimum absolute atomic E-state index is 0. The van der Waals surface area contributed by atoms with E-state index in [1.165, 1.54) is 6.20 Å². The summed E-state index contributed by atoms with van der Waals surface area (Å²) >= 11 is 0. The first-order chi connectivity index (χ1) is 8.50. The Hall–Kier alpha value is -2.05. The van der Waals surface area contributed by atoms with Crippen LogP contribution in [0.25, 0.3) is 11.3 Å². The van der Waals surface area contributed by atoms with E-state index in [0.717, 1.165) is 12.1 Å². The molecule has 9 nitrogen and oxygen atoms in total. The Bertz CT molecular complexity index is 593. The van der Waals surface area contributed by atoms with Crippen LogP contribution in [0.15, 0.2) is 24.4 Å². The number of nitrogen functional groups attached to an aromatic ring is 1. The van der Waals surface area contributed by atoms with Crippen molar-refractivity contribution in [3.8, 4) is 11.3 Å². The molecule has 0 saturated carbocycles. The van der Waals surface area contributed by atoms with Crippen molar-refractivity contribution in [1.82, 2.24) is 10.2 Å². The third kappa shape index (κ3) is 2.86. The molecule has 0 amide bonds. The molecule has 0 aliphatic heterocycles. The molecule has 1 aromatic carbocycles. The van der Waals surface area contributed by atoms with Crippen molar-refractivity contribution in [2.24, 2.45) is 0 Å². The molecule has 0 aliphatic rings. The van der Waals surface area contributed by atoms with Crippen LogP contribution >= 0.6 is 0 Å². The SMILES string of the molecule is Nc1c([N+](=O)[O-])cc(-c2cc[nH]n2)cc1[N+](=O)[O-].[PbH2]. The molecule has 19 heavy (non-hydrogen) atoms. The van der Waals surface area contributed by atoms with Crippen molar-refractivity contribution in [3.63, 3.8) is 0 Å². The molecule has 2 rings (SSSR count). The molecule has 1 heterocycles. The van der Waals surface area contributed by atoms with Gasteiger partial charge < -0.3 is 5.73 Å². The van der Waals surface area contributed by atoms with Gasteiger partial charge in [-0.1, -0.05) is 0 Å². The molecule has 10 heteroatoms. The third-order valence-corrected chi connectivity index (χ3v) is 2.33. The number of hydrogen-bond donors (Lipinski definition) is 2. The summed E-state index contributed by atoms with van der Waals surface area (Å²) in [5, 5.41) is 27.9. The fourth-order valence-electron chi connectivity index (χ4n) is 1.49. The Morgan fingerprint density at radius 2 is 1.68 bits per heavy atom. The summed E-state index contributed by atoms with van der Waals surface area (Å²) in [6.07, 6.45) is 1.50. The number of nitro groups is 2. The summed E-state index contributed by atoms with van der Waals surface area (Å²) in [4.78, 5) is 20.1. The van der Waals surface area contributed by atoms with Crippen LogP contribution in [0.2, 0.25) is 0 Å². The van der Waals surface area contributed by atoms with Crippen molar-refractivity contribution in [1.29, 1.82) is 0 Å². The average molecular weight is 458 g/mol. The fourth-order valence-corrected chi connectivity index (χ4v) is 1.49. The van der Waals surface area contributed by atoms with Gasteiger partial charge in [-0.15, -0.1) is 0 Å². The van der Waals surface area contributed by atoms with Gasteiger partial charge >= 0.3 is 27.3 Å². The van der Waals surface area contributed by atoms with E-state index in [2.05, 4.69) is 10.2 Å². The van der Waals surface area contributed by atoms with Crippen LogP contribution in [0.5, 0.6) is 0 Å². The van der Waals surface area contributed by atoms with Gasteiger partial charge in [0, 0.05) is 23.9 Å². The van der Waals surface area contributed by atoms with Gasteiger partial charge in [0.2, 0.25) is 0 Å². The van der Waals surface area contributed by atoms with Crippen LogP contribution in [0.4, 0.5) is 17.1 Å². The number of aromatic amines is 1. The fraction of sp³-hybridized carbons (Fsp3) is 0. The third-order valence-electron chi connectivity index (χ3n) is 2.33. The maximum absolute atomic E-state index is 10.8. The molecule has 0 bridgehead atoms. The molecule has 2 aromatic rings. The molecule has 3 N–H and O–H groups in total. The molecule has 2 radical (unpaired) electrons. The molecule has 0 spiro atoms. The number of hydrogen-bond acceptors (Lipinski definition) is 6. The number of benzene rings is 1. The predicted octanol–water partition coefficient (Wildman–Crippen LogP) is 0.559. The molecule has 0 saturated heterocycles. The minimum atomic E-state index is -0.765. The number of H-pyrrole nitrogens is 1. The van der Waals surface area contributed by atoms with Gasteiger partial charge in [0.1, 0.15) is 0 Å². The summed E-state index contributed by atoms with van der Waals surface area (Å²) in [5.41, 5.74) is 4.52. The van der Waals surface area contributed by atoms with Gasteiger partial charge in [0.25, 0.3) is 11.4 Å². The van der Waals surface area contributed by atoms with Gasteiger partial charge in [-0.2, -0.15) is 5.10 Å². The summed E-state index contributed by atoms with van der Waals surface area (Å²) in [7, 11) is 0. The number of rotatable bonds is 3. The van der Waals surface area contributed by atoms with E-state index in [9.17, 15) is 20.2 Å². The number of anilines is 1. The van der Waals surface area contributed by atoms with E-state index in [1.54, 1.807) is 6.07 Å². The van der Waals surface area contributed by atoms with Crippen LogP contribution in [0.1, 0.15) is 0 Å². The normalized spacial score (nSPS) is 9.68. The second kappa shape index (κ2) is 5.73.